The standard InChI is InChI=1S/C17H17ClN2O6S/c1-20(9-11-3-2-5-25-11)17(22)4-6-27(23,24)15-8-14-13(7-12(15)18)19-16(21)10-26-14/h2-3,5,7-8H,4,6,9-10H2,1H3,(H,19,21). The van der Waals surface area contributed by atoms with Crippen LogP contribution in [0.15, 0.2) is 39.8 Å². The number of rotatable bonds is 6. The maximum atomic E-state index is 12.6. The summed E-state index contributed by atoms with van der Waals surface area (Å²) in [5.41, 5.74) is 0.310. The van der Waals surface area contributed by atoms with Gasteiger partial charge >= 0.3 is 0 Å². The number of amides is 2. The molecule has 0 unspecified atom stereocenters. The quantitative estimate of drug-likeness (QED) is 0.778. The van der Waals surface area contributed by atoms with Crippen LogP contribution in [0.5, 0.6) is 5.75 Å². The fourth-order valence-corrected chi connectivity index (χ4v) is 4.39. The molecule has 8 nitrogen and oxygen atoms in total. The third-order valence-electron chi connectivity index (χ3n) is 3.99. The number of hydrogen-bond donors (Lipinski definition) is 1. The number of furan rings is 1. The molecule has 2 aromatic rings. The molecule has 2 amide bonds. The minimum atomic E-state index is -3.82. The van der Waals surface area contributed by atoms with E-state index >= 15 is 0 Å². The van der Waals surface area contributed by atoms with Gasteiger partial charge in [0.2, 0.25) is 5.91 Å². The van der Waals surface area contributed by atoms with E-state index in [1.807, 2.05) is 0 Å². The number of benzene rings is 1. The SMILES string of the molecule is CN(Cc1ccco1)C(=O)CCS(=O)(=O)c1cc2c(cc1Cl)NC(=O)CO2. The highest BCUT2D eigenvalue weighted by molar-refractivity contribution is 7.91. The monoisotopic (exact) mass is 412 g/mol. The van der Waals surface area contributed by atoms with Crippen molar-refractivity contribution in [1.29, 1.82) is 0 Å². The zero-order valence-corrected chi connectivity index (χ0v) is 16.0. The molecule has 0 radical (unpaired) electrons. The third kappa shape index (κ3) is 4.42. The van der Waals surface area contributed by atoms with Gasteiger partial charge in [0.15, 0.2) is 16.4 Å². The highest BCUT2D eigenvalue weighted by Crippen LogP contribution is 2.36. The first-order chi connectivity index (χ1) is 12.8. The van der Waals surface area contributed by atoms with E-state index in [9.17, 15) is 18.0 Å². The molecule has 27 heavy (non-hydrogen) atoms. The summed E-state index contributed by atoms with van der Waals surface area (Å²) in [5.74, 6) is -0.268. The second kappa shape index (κ2) is 7.61. The van der Waals surface area contributed by atoms with Gasteiger partial charge in [0.25, 0.3) is 5.91 Å². The van der Waals surface area contributed by atoms with Crippen molar-refractivity contribution in [2.75, 3.05) is 24.7 Å². The summed E-state index contributed by atoms with van der Waals surface area (Å²) in [6.45, 7) is 0.0448. The molecule has 1 aromatic heterocycles. The van der Waals surface area contributed by atoms with Crippen LogP contribution in [0.2, 0.25) is 5.02 Å². The fourth-order valence-electron chi connectivity index (χ4n) is 2.57. The van der Waals surface area contributed by atoms with Crippen LogP contribution in [0.25, 0.3) is 0 Å². The van der Waals surface area contributed by atoms with Gasteiger partial charge in [-0.2, -0.15) is 0 Å². The third-order valence-corrected chi connectivity index (χ3v) is 6.16. The van der Waals surface area contributed by atoms with Gasteiger partial charge in [-0.15, -0.1) is 0 Å². The zero-order chi connectivity index (χ0) is 19.6. The van der Waals surface area contributed by atoms with E-state index in [1.54, 1.807) is 19.2 Å². The molecule has 0 saturated carbocycles. The molecule has 0 atom stereocenters. The first-order valence-electron chi connectivity index (χ1n) is 8.01. The summed E-state index contributed by atoms with van der Waals surface area (Å²) in [5, 5.41) is 2.51. The molecule has 10 heteroatoms. The lowest BCUT2D eigenvalue weighted by atomic mass is 10.2. The number of fused-ring (bicyclic) bond motifs is 1. The maximum Gasteiger partial charge on any atom is 0.262 e. The number of hydrogen-bond acceptors (Lipinski definition) is 6. The zero-order valence-electron chi connectivity index (χ0n) is 14.4. The molecule has 0 bridgehead atoms. The van der Waals surface area contributed by atoms with Crippen molar-refractivity contribution in [3.8, 4) is 5.75 Å². The first kappa shape index (κ1) is 19.2. The van der Waals surface area contributed by atoms with Crippen LogP contribution < -0.4 is 10.1 Å². The van der Waals surface area contributed by atoms with Crippen molar-refractivity contribution in [3.05, 3.63) is 41.3 Å². The van der Waals surface area contributed by atoms with Crippen LogP contribution >= 0.6 is 11.6 Å². The molecule has 144 valence electrons. The number of halogens is 1. The Morgan fingerprint density at radius 3 is 2.85 bits per heavy atom. The van der Waals surface area contributed by atoms with E-state index in [4.69, 9.17) is 20.8 Å². The number of anilines is 1. The molecule has 3 rings (SSSR count). The summed E-state index contributed by atoms with van der Waals surface area (Å²) < 4.78 is 35.7. The Morgan fingerprint density at radius 1 is 1.37 bits per heavy atom. The van der Waals surface area contributed by atoms with Crippen LogP contribution in [-0.4, -0.2) is 44.5 Å². The molecule has 1 aliphatic heterocycles. The number of sulfone groups is 1. The lowest BCUT2D eigenvalue weighted by Gasteiger charge is -2.20. The second-order valence-electron chi connectivity index (χ2n) is 6.01. The Morgan fingerprint density at radius 2 is 2.15 bits per heavy atom. The van der Waals surface area contributed by atoms with Gasteiger partial charge in [-0.05, 0) is 18.2 Å². The van der Waals surface area contributed by atoms with Crippen molar-refractivity contribution >= 4 is 38.9 Å². The van der Waals surface area contributed by atoms with Gasteiger partial charge in [0, 0.05) is 19.5 Å². The average Bonchev–Trinajstić information content (AvgIpc) is 3.11. The van der Waals surface area contributed by atoms with Gasteiger partial charge in [-0.25, -0.2) is 8.42 Å². The average molecular weight is 413 g/mol. The molecule has 1 aliphatic rings. The lowest BCUT2D eigenvalue weighted by molar-refractivity contribution is -0.130. The van der Waals surface area contributed by atoms with Crippen molar-refractivity contribution in [3.63, 3.8) is 0 Å². The van der Waals surface area contributed by atoms with E-state index < -0.39 is 15.6 Å². The molecule has 0 spiro atoms. The fraction of sp³-hybridized carbons (Fsp3) is 0.294. The molecule has 0 saturated heterocycles. The smallest absolute Gasteiger partial charge is 0.262 e. The van der Waals surface area contributed by atoms with E-state index in [0.29, 0.717) is 11.4 Å². The predicted molar refractivity (Wildman–Crippen MR) is 97.4 cm³/mol. The van der Waals surface area contributed by atoms with Crippen LogP contribution in [0.3, 0.4) is 0 Å². The topological polar surface area (TPSA) is 106 Å². The normalized spacial score (nSPS) is 13.5. The van der Waals surface area contributed by atoms with Gasteiger partial charge in [0.1, 0.15) is 11.5 Å². The first-order valence-corrected chi connectivity index (χ1v) is 10.0. The largest absolute Gasteiger partial charge is 0.482 e. The Balaban J connectivity index is 1.69. The van der Waals surface area contributed by atoms with Crippen LogP contribution in [0.1, 0.15) is 12.2 Å². The number of ether oxygens (including phenoxy) is 1. The maximum absolute atomic E-state index is 12.6. The number of carbonyl (C=O) groups excluding carboxylic acids is 2. The molecule has 2 heterocycles. The number of nitrogens with zero attached hydrogens (tertiary/aromatic N) is 1. The molecule has 1 aromatic carbocycles. The highest BCUT2D eigenvalue weighted by atomic mass is 35.5. The summed E-state index contributed by atoms with van der Waals surface area (Å²) in [7, 11) is -2.25. The van der Waals surface area contributed by atoms with Crippen molar-refractivity contribution < 1.29 is 27.2 Å². The van der Waals surface area contributed by atoms with E-state index in [0.717, 1.165) is 0 Å². The van der Waals surface area contributed by atoms with E-state index in [-0.39, 0.29) is 47.1 Å². The van der Waals surface area contributed by atoms with E-state index in [1.165, 1.54) is 23.3 Å². The Hall–Kier alpha value is -2.52. The number of nitrogens with one attached hydrogen (secondary N) is 1. The summed E-state index contributed by atoms with van der Waals surface area (Å²) in [4.78, 5) is 24.8. The molecule has 1 N–H and O–H groups in total. The molecular weight excluding hydrogens is 396 g/mol. The van der Waals surface area contributed by atoms with Crippen molar-refractivity contribution in [2.45, 2.75) is 17.9 Å². The molecule has 0 fully saturated rings. The minimum Gasteiger partial charge on any atom is -0.482 e. The van der Waals surface area contributed by atoms with Crippen LogP contribution in [-0.2, 0) is 26.0 Å². The van der Waals surface area contributed by atoms with Crippen molar-refractivity contribution in [2.24, 2.45) is 0 Å². The van der Waals surface area contributed by atoms with Gasteiger partial charge in [0.05, 0.1) is 34.2 Å². The van der Waals surface area contributed by atoms with Crippen LogP contribution in [0.4, 0.5) is 5.69 Å². The Labute approximate surface area is 161 Å². The molecular formula is C17H17ClN2O6S. The highest BCUT2D eigenvalue weighted by Gasteiger charge is 2.25. The molecule has 0 aliphatic carbocycles. The number of carbonyl (C=O) groups is 2. The summed E-state index contributed by atoms with van der Waals surface area (Å²) in [6.07, 6.45) is 1.30. The predicted octanol–water partition coefficient (Wildman–Crippen LogP) is 2.09. The van der Waals surface area contributed by atoms with E-state index in [2.05, 4.69) is 5.32 Å². The second-order valence-corrected chi connectivity index (χ2v) is 8.50. The van der Waals surface area contributed by atoms with Gasteiger partial charge < -0.3 is 19.4 Å². The Bertz CT molecular complexity index is 972. The van der Waals surface area contributed by atoms with Gasteiger partial charge in [-0.1, -0.05) is 11.6 Å². The lowest BCUT2D eigenvalue weighted by Crippen LogP contribution is -2.28. The minimum absolute atomic E-state index is 0.0454. The summed E-state index contributed by atoms with van der Waals surface area (Å²) >= 11 is 6.07. The Kier molecular flexibility index (Phi) is 5.43. The summed E-state index contributed by atoms with van der Waals surface area (Å²) in [6, 6.07) is 6.03. The van der Waals surface area contributed by atoms with Gasteiger partial charge in [-0.3, -0.25) is 9.59 Å². The van der Waals surface area contributed by atoms with Crippen molar-refractivity contribution in [1.82, 2.24) is 4.90 Å². The van der Waals surface area contributed by atoms with Crippen LogP contribution in [0, 0.1) is 0 Å².